The number of hydrogen-bond donors (Lipinski definition) is 0. The number of carbonyl (C=O) groups is 1. The van der Waals surface area contributed by atoms with Crippen LogP contribution in [0.1, 0.15) is 22.2 Å². The lowest BCUT2D eigenvalue weighted by Crippen LogP contribution is -1.97. The molecule has 2 aromatic rings. The summed E-state index contributed by atoms with van der Waals surface area (Å²) in [6, 6.07) is 11.6. The second-order valence-corrected chi connectivity index (χ2v) is 5.55. The molecule has 0 aliphatic heterocycles. The molecule has 0 N–H and O–H groups in total. The zero-order chi connectivity index (χ0) is 11.4. The first-order valence-electron chi connectivity index (χ1n) is 5.12. The summed E-state index contributed by atoms with van der Waals surface area (Å²) in [6.45, 7) is 2.12. The first kappa shape index (κ1) is 11.4. The van der Waals surface area contributed by atoms with E-state index in [0.29, 0.717) is 0 Å². The van der Waals surface area contributed by atoms with Gasteiger partial charge in [0.1, 0.15) is 0 Å². The molecule has 1 aromatic carbocycles. The summed E-state index contributed by atoms with van der Waals surface area (Å²) in [7, 11) is 0. The van der Waals surface area contributed by atoms with Gasteiger partial charge in [0, 0.05) is 10.5 Å². The van der Waals surface area contributed by atoms with Crippen LogP contribution in [0.2, 0.25) is 0 Å². The average Bonchev–Trinajstić information content (AvgIpc) is 2.83. The fraction of sp³-hybridized carbons (Fsp3) is 0.154. The standard InChI is InChI=1S/C13H12OS2/c1-2-15-11-7-5-10(6-8-11)13(14)12-4-3-9-16-12/h3-9H,2H2,1H3. The monoisotopic (exact) mass is 248 g/mol. The topological polar surface area (TPSA) is 17.1 Å². The molecular formula is C13H12OS2. The Hall–Kier alpha value is -1.06. The quantitative estimate of drug-likeness (QED) is 0.599. The second kappa shape index (κ2) is 5.32. The molecule has 82 valence electrons. The Balaban J connectivity index is 2.19. The van der Waals surface area contributed by atoms with Gasteiger partial charge in [-0.2, -0.15) is 0 Å². The van der Waals surface area contributed by atoms with Crippen molar-refractivity contribution in [3.8, 4) is 0 Å². The van der Waals surface area contributed by atoms with Crippen LogP contribution < -0.4 is 0 Å². The Morgan fingerprint density at radius 3 is 2.56 bits per heavy atom. The summed E-state index contributed by atoms with van der Waals surface area (Å²) >= 11 is 3.27. The van der Waals surface area contributed by atoms with Crippen LogP contribution in [0.25, 0.3) is 0 Å². The zero-order valence-corrected chi connectivity index (χ0v) is 10.6. The van der Waals surface area contributed by atoms with Crippen molar-refractivity contribution in [2.24, 2.45) is 0 Å². The molecule has 2 rings (SSSR count). The van der Waals surface area contributed by atoms with E-state index in [4.69, 9.17) is 0 Å². The molecule has 0 unspecified atom stereocenters. The largest absolute Gasteiger partial charge is 0.288 e. The van der Waals surface area contributed by atoms with Gasteiger partial charge in [0.25, 0.3) is 0 Å². The molecule has 16 heavy (non-hydrogen) atoms. The molecule has 1 heterocycles. The van der Waals surface area contributed by atoms with Gasteiger partial charge in [-0.1, -0.05) is 13.0 Å². The van der Waals surface area contributed by atoms with Crippen molar-refractivity contribution >= 4 is 28.9 Å². The lowest BCUT2D eigenvalue weighted by Gasteiger charge is -2.00. The van der Waals surface area contributed by atoms with E-state index in [1.54, 1.807) is 11.8 Å². The van der Waals surface area contributed by atoms with E-state index in [9.17, 15) is 4.79 Å². The SMILES string of the molecule is CCSc1ccc(C(=O)c2cccs2)cc1. The summed E-state index contributed by atoms with van der Waals surface area (Å²) in [5.74, 6) is 1.17. The maximum Gasteiger partial charge on any atom is 0.202 e. The lowest BCUT2D eigenvalue weighted by atomic mass is 10.1. The molecule has 0 radical (unpaired) electrons. The summed E-state index contributed by atoms with van der Waals surface area (Å²) in [6.07, 6.45) is 0. The van der Waals surface area contributed by atoms with Crippen LogP contribution in [0.15, 0.2) is 46.7 Å². The summed E-state index contributed by atoms with van der Waals surface area (Å²) in [5, 5.41) is 1.93. The second-order valence-electron chi connectivity index (χ2n) is 3.26. The van der Waals surface area contributed by atoms with Gasteiger partial charge in [0.2, 0.25) is 5.78 Å². The van der Waals surface area contributed by atoms with Crippen LogP contribution in [0.5, 0.6) is 0 Å². The predicted molar refractivity (Wildman–Crippen MR) is 70.6 cm³/mol. The Morgan fingerprint density at radius 1 is 1.25 bits per heavy atom. The third kappa shape index (κ3) is 2.54. The van der Waals surface area contributed by atoms with E-state index in [1.165, 1.54) is 16.2 Å². The van der Waals surface area contributed by atoms with E-state index >= 15 is 0 Å². The van der Waals surface area contributed by atoms with Crippen LogP contribution in [0.3, 0.4) is 0 Å². The number of ketones is 1. The molecule has 0 aliphatic carbocycles. The molecule has 0 amide bonds. The molecular weight excluding hydrogens is 236 g/mol. The van der Waals surface area contributed by atoms with Crippen molar-refractivity contribution in [3.05, 3.63) is 52.2 Å². The van der Waals surface area contributed by atoms with Crippen molar-refractivity contribution in [2.45, 2.75) is 11.8 Å². The van der Waals surface area contributed by atoms with Crippen LogP contribution in [-0.2, 0) is 0 Å². The van der Waals surface area contributed by atoms with Crippen molar-refractivity contribution in [1.82, 2.24) is 0 Å². The van der Waals surface area contributed by atoms with Gasteiger partial charge in [-0.25, -0.2) is 0 Å². The highest BCUT2D eigenvalue weighted by molar-refractivity contribution is 7.99. The summed E-state index contributed by atoms with van der Waals surface area (Å²) in [4.78, 5) is 14.0. The number of carbonyl (C=O) groups excluding carboxylic acids is 1. The molecule has 0 aliphatic rings. The van der Waals surface area contributed by atoms with Crippen molar-refractivity contribution in [2.75, 3.05) is 5.75 Å². The van der Waals surface area contributed by atoms with Gasteiger partial charge in [0.05, 0.1) is 4.88 Å². The highest BCUT2D eigenvalue weighted by atomic mass is 32.2. The van der Waals surface area contributed by atoms with Crippen molar-refractivity contribution in [3.63, 3.8) is 0 Å². The number of hydrogen-bond acceptors (Lipinski definition) is 3. The van der Waals surface area contributed by atoms with Crippen LogP contribution in [-0.4, -0.2) is 11.5 Å². The molecule has 0 bridgehead atoms. The molecule has 1 nitrogen and oxygen atoms in total. The highest BCUT2D eigenvalue weighted by Crippen LogP contribution is 2.20. The summed E-state index contributed by atoms with van der Waals surface area (Å²) < 4.78 is 0. The molecule has 0 spiro atoms. The lowest BCUT2D eigenvalue weighted by molar-refractivity contribution is 0.104. The fourth-order valence-corrected chi connectivity index (χ4v) is 2.77. The Labute approximate surface area is 104 Å². The Bertz CT molecular complexity index is 457. The minimum absolute atomic E-state index is 0.114. The van der Waals surface area contributed by atoms with Gasteiger partial charge in [0.15, 0.2) is 0 Å². The molecule has 0 saturated heterocycles. The van der Waals surface area contributed by atoms with E-state index in [-0.39, 0.29) is 5.78 Å². The zero-order valence-electron chi connectivity index (χ0n) is 8.97. The first-order chi connectivity index (χ1) is 7.81. The molecule has 1 aromatic heterocycles. The van der Waals surface area contributed by atoms with E-state index in [1.807, 2.05) is 41.8 Å². The van der Waals surface area contributed by atoms with Gasteiger partial charge in [-0.15, -0.1) is 23.1 Å². The fourth-order valence-electron chi connectivity index (χ4n) is 1.42. The smallest absolute Gasteiger partial charge is 0.202 e. The molecule has 0 fully saturated rings. The van der Waals surface area contributed by atoms with Crippen LogP contribution >= 0.6 is 23.1 Å². The number of benzene rings is 1. The van der Waals surface area contributed by atoms with Gasteiger partial charge >= 0.3 is 0 Å². The third-order valence-electron chi connectivity index (χ3n) is 2.17. The average molecular weight is 248 g/mol. The van der Waals surface area contributed by atoms with E-state index < -0.39 is 0 Å². The molecule has 0 saturated carbocycles. The minimum Gasteiger partial charge on any atom is -0.288 e. The van der Waals surface area contributed by atoms with Crippen molar-refractivity contribution < 1.29 is 4.79 Å². The van der Waals surface area contributed by atoms with Gasteiger partial charge in [-0.3, -0.25) is 4.79 Å². The highest BCUT2D eigenvalue weighted by Gasteiger charge is 2.09. The van der Waals surface area contributed by atoms with Crippen LogP contribution in [0, 0.1) is 0 Å². The normalized spacial score (nSPS) is 10.3. The number of thioether (sulfide) groups is 1. The maximum atomic E-state index is 12.0. The number of thiophene rings is 1. The maximum absolute atomic E-state index is 12.0. The van der Waals surface area contributed by atoms with E-state index in [2.05, 4.69) is 6.92 Å². The van der Waals surface area contributed by atoms with Gasteiger partial charge in [-0.05, 0) is 41.5 Å². The molecule has 0 atom stereocenters. The van der Waals surface area contributed by atoms with Crippen LogP contribution in [0.4, 0.5) is 0 Å². The first-order valence-corrected chi connectivity index (χ1v) is 6.99. The summed E-state index contributed by atoms with van der Waals surface area (Å²) in [5.41, 5.74) is 0.767. The van der Waals surface area contributed by atoms with Crippen molar-refractivity contribution in [1.29, 1.82) is 0 Å². The third-order valence-corrected chi connectivity index (χ3v) is 3.94. The Kier molecular flexibility index (Phi) is 3.80. The minimum atomic E-state index is 0.114. The van der Waals surface area contributed by atoms with E-state index in [0.717, 1.165) is 16.2 Å². The predicted octanol–water partition coefficient (Wildman–Crippen LogP) is 4.09. The number of rotatable bonds is 4. The van der Waals surface area contributed by atoms with Gasteiger partial charge < -0.3 is 0 Å². The Morgan fingerprint density at radius 2 is 2.00 bits per heavy atom. The molecule has 3 heteroatoms.